The molecule has 2 aromatic carbocycles. The summed E-state index contributed by atoms with van der Waals surface area (Å²) >= 11 is 0. The van der Waals surface area contributed by atoms with Crippen molar-refractivity contribution < 1.29 is 14.3 Å². The molecule has 4 heteroatoms. The number of amides is 1. The predicted molar refractivity (Wildman–Crippen MR) is 110 cm³/mol. The van der Waals surface area contributed by atoms with Crippen LogP contribution in [-0.2, 0) is 11.2 Å². The molecule has 0 aromatic heterocycles. The smallest absolute Gasteiger partial charge is 0.412 e. The summed E-state index contributed by atoms with van der Waals surface area (Å²) in [7, 11) is 0. The molecular formula is C23H29NO3. The highest BCUT2D eigenvalue weighted by molar-refractivity contribution is 5.89. The molecular weight excluding hydrogens is 338 g/mol. The van der Waals surface area contributed by atoms with E-state index in [1.807, 2.05) is 57.2 Å². The number of hydrogen-bond acceptors (Lipinski definition) is 3. The van der Waals surface area contributed by atoms with E-state index in [1.54, 1.807) is 0 Å². The minimum Gasteiger partial charge on any atom is -0.444 e. The van der Waals surface area contributed by atoms with Crippen molar-refractivity contribution in [2.75, 3.05) is 5.32 Å². The van der Waals surface area contributed by atoms with Gasteiger partial charge in [0.25, 0.3) is 0 Å². The number of unbranched alkanes of at least 4 members (excludes halogenated alkanes) is 2. The van der Waals surface area contributed by atoms with Crippen molar-refractivity contribution in [3.63, 3.8) is 0 Å². The first-order valence-corrected chi connectivity index (χ1v) is 9.51. The second-order valence-corrected chi connectivity index (χ2v) is 7.70. The van der Waals surface area contributed by atoms with Crippen LogP contribution in [0, 0.1) is 0 Å². The molecule has 0 radical (unpaired) electrons. The molecule has 0 aliphatic heterocycles. The molecule has 27 heavy (non-hydrogen) atoms. The fourth-order valence-corrected chi connectivity index (χ4v) is 2.86. The zero-order chi connectivity index (χ0) is 19.9. The van der Waals surface area contributed by atoms with Crippen molar-refractivity contribution in [3.8, 4) is 11.1 Å². The van der Waals surface area contributed by atoms with Gasteiger partial charge in [0.2, 0.25) is 0 Å². The van der Waals surface area contributed by atoms with Gasteiger partial charge >= 0.3 is 6.09 Å². The maximum atomic E-state index is 11.8. The average Bonchev–Trinajstić information content (AvgIpc) is 2.61. The molecule has 4 nitrogen and oxygen atoms in total. The molecule has 0 unspecified atom stereocenters. The Morgan fingerprint density at radius 2 is 1.78 bits per heavy atom. The Hall–Kier alpha value is -2.62. The summed E-state index contributed by atoms with van der Waals surface area (Å²) in [6, 6.07) is 13.5. The van der Waals surface area contributed by atoms with Crippen molar-refractivity contribution in [1.82, 2.24) is 0 Å². The summed E-state index contributed by atoms with van der Waals surface area (Å²) in [5.41, 5.74) is 3.83. The van der Waals surface area contributed by atoms with Crippen LogP contribution < -0.4 is 5.32 Å². The molecule has 0 heterocycles. The molecule has 0 fully saturated rings. The van der Waals surface area contributed by atoms with E-state index < -0.39 is 11.7 Å². The van der Waals surface area contributed by atoms with Gasteiger partial charge in [-0.2, -0.15) is 0 Å². The van der Waals surface area contributed by atoms with E-state index in [0.29, 0.717) is 11.3 Å². The summed E-state index contributed by atoms with van der Waals surface area (Å²) in [6.07, 6.45) is 4.94. The van der Waals surface area contributed by atoms with Crippen molar-refractivity contribution in [3.05, 3.63) is 53.6 Å². The second kappa shape index (κ2) is 9.36. The highest BCUT2D eigenvalue weighted by atomic mass is 16.6. The number of rotatable bonds is 7. The van der Waals surface area contributed by atoms with Crippen LogP contribution in [0.15, 0.2) is 42.5 Å². The van der Waals surface area contributed by atoms with E-state index in [4.69, 9.17) is 4.74 Å². The normalized spacial score (nSPS) is 11.1. The largest absolute Gasteiger partial charge is 0.444 e. The summed E-state index contributed by atoms with van der Waals surface area (Å²) in [6.45, 7) is 7.65. The number of carbonyl (C=O) groups is 2. The fraction of sp³-hybridized carbons (Fsp3) is 0.391. The Morgan fingerprint density at radius 1 is 1.07 bits per heavy atom. The zero-order valence-electron chi connectivity index (χ0n) is 16.7. The molecule has 144 valence electrons. The van der Waals surface area contributed by atoms with Gasteiger partial charge in [0.05, 0.1) is 0 Å². The number of aldehydes is 1. The molecule has 0 aliphatic carbocycles. The van der Waals surface area contributed by atoms with Gasteiger partial charge in [0.1, 0.15) is 5.60 Å². The number of carbonyl (C=O) groups excluding carboxylic acids is 2. The van der Waals surface area contributed by atoms with Crippen LogP contribution in [0.2, 0.25) is 0 Å². The summed E-state index contributed by atoms with van der Waals surface area (Å²) in [5, 5.41) is 2.71. The molecule has 0 atom stereocenters. The van der Waals surface area contributed by atoms with Crippen LogP contribution in [0.3, 0.4) is 0 Å². The van der Waals surface area contributed by atoms with Gasteiger partial charge in [-0.3, -0.25) is 10.1 Å². The van der Waals surface area contributed by atoms with Crippen LogP contribution in [0.4, 0.5) is 10.5 Å². The van der Waals surface area contributed by atoms with E-state index in [0.717, 1.165) is 30.3 Å². The van der Waals surface area contributed by atoms with E-state index in [1.165, 1.54) is 18.4 Å². The van der Waals surface area contributed by atoms with E-state index >= 15 is 0 Å². The maximum Gasteiger partial charge on any atom is 0.412 e. The first-order valence-electron chi connectivity index (χ1n) is 9.51. The number of nitrogens with one attached hydrogen (secondary N) is 1. The number of benzene rings is 2. The molecule has 0 spiro atoms. The topological polar surface area (TPSA) is 55.4 Å². The van der Waals surface area contributed by atoms with Crippen molar-refractivity contribution >= 4 is 18.1 Å². The Bertz CT molecular complexity index is 773. The third-order valence-corrected chi connectivity index (χ3v) is 4.15. The molecule has 0 saturated carbocycles. The van der Waals surface area contributed by atoms with Crippen molar-refractivity contribution in [2.45, 2.75) is 59.0 Å². The Kier molecular flexibility index (Phi) is 7.17. The summed E-state index contributed by atoms with van der Waals surface area (Å²) < 4.78 is 5.25. The van der Waals surface area contributed by atoms with Crippen molar-refractivity contribution in [2.24, 2.45) is 0 Å². The molecule has 2 rings (SSSR count). The monoisotopic (exact) mass is 367 g/mol. The third-order valence-electron chi connectivity index (χ3n) is 4.15. The Morgan fingerprint density at radius 3 is 2.37 bits per heavy atom. The Labute approximate surface area is 161 Å². The predicted octanol–water partition coefficient (Wildman–Crippen LogP) is 6.25. The summed E-state index contributed by atoms with van der Waals surface area (Å²) in [5.74, 6) is 0. The van der Waals surface area contributed by atoms with Crippen LogP contribution in [0.5, 0.6) is 0 Å². The number of aryl methyl sites for hydroxylation is 1. The lowest BCUT2D eigenvalue weighted by molar-refractivity contribution is 0.0636. The average molecular weight is 367 g/mol. The number of anilines is 1. The van der Waals surface area contributed by atoms with E-state index in [2.05, 4.69) is 18.3 Å². The molecule has 1 amide bonds. The summed E-state index contributed by atoms with van der Waals surface area (Å²) in [4.78, 5) is 23.4. The van der Waals surface area contributed by atoms with Gasteiger partial charge in [-0.1, -0.05) is 44.0 Å². The molecule has 1 N–H and O–H groups in total. The molecule has 0 bridgehead atoms. The number of ether oxygens (including phenoxy) is 1. The first-order chi connectivity index (χ1) is 12.8. The van der Waals surface area contributed by atoms with Crippen LogP contribution >= 0.6 is 0 Å². The lowest BCUT2D eigenvalue weighted by Crippen LogP contribution is -2.27. The minimum absolute atomic E-state index is 0.486. The third kappa shape index (κ3) is 6.55. The van der Waals surface area contributed by atoms with E-state index in [-0.39, 0.29) is 0 Å². The standard InChI is InChI=1S/C23H29NO3/c1-5-6-7-8-17-9-14-21(19(15-17)16-25)18-10-12-20(13-11-18)24-22(26)27-23(2,3)4/h9-16H,5-8H2,1-4H3,(H,24,26). The van der Waals surface area contributed by atoms with Crippen LogP contribution in [0.1, 0.15) is 62.9 Å². The van der Waals surface area contributed by atoms with Gasteiger partial charge in [0.15, 0.2) is 6.29 Å². The highest BCUT2D eigenvalue weighted by Crippen LogP contribution is 2.26. The number of hydrogen-bond donors (Lipinski definition) is 1. The van der Waals surface area contributed by atoms with Gasteiger partial charge < -0.3 is 4.74 Å². The van der Waals surface area contributed by atoms with Crippen LogP contribution in [0.25, 0.3) is 11.1 Å². The quantitative estimate of drug-likeness (QED) is 0.465. The minimum atomic E-state index is -0.540. The van der Waals surface area contributed by atoms with Gasteiger partial charge in [-0.25, -0.2) is 4.79 Å². The lowest BCUT2D eigenvalue weighted by Gasteiger charge is -2.19. The zero-order valence-corrected chi connectivity index (χ0v) is 16.7. The van der Waals surface area contributed by atoms with Gasteiger partial charge in [-0.15, -0.1) is 0 Å². The van der Waals surface area contributed by atoms with Gasteiger partial charge in [0, 0.05) is 11.3 Å². The molecule has 0 aliphatic rings. The highest BCUT2D eigenvalue weighted by Gasteiger charge is 2.16. The molecule has 0 saturated heterocycles. The van der Waals surface area contributed by atoms with Crippen molar-refractivity contribution in [1.29, 1.82) is 0 Å². The maximum absolute atomic E-state index is 11.8. The second-order valence-electron chi connectivity index (χ2n) is 7.70. The van der Waals surface area contributed by atoms with E-state index in [9.17, 15) is 9.59 Å². The SMILES string of the molecule is CCCCCc1ccc(-c2ccc(NC(=O)OC(C)(C)C)cc2)c(C=O)c1. The lowest BCUT2D eigenvalue weighted by atomic mass is 9.96. The van der Waals surface area contributed by atoms with Gasteiger partial charge in [-0.05, 0) is 68.5 Å². The Balaban J connectivity index is 2.11. The molecule has 2 aromatic rings. The fourth-order valence-electron chi connectivity index (χ4n) is 2.86. The van der Waals surface area contributed by atoms with Crippen LogP contribution in [-0.4, -0.2) is 18.0 Å². The first kappa shape index (κ1) is 20.7.